The summed E-state index contributed by atoms with van der Waals surface area (Å²) in [5.41, 5.74) is -0.0277. The maximum Gasteiger partial charge on any atom is 0.402 e. The fraction of sp³-hybridized carbons (Fsp3) is 0.625. The number of aromatic amines is 1. The van der Waals surface area contributed by atoms with Gasteiger partial charge < -0.3 is 10.1 Å². The Kier molecular flexibility index (Phi) is 4.76. The molecule has 1 heterocycles. The second kappa shape index (κ2) is 5.61. The summed E-state index contributed by atoms with van der Waals surface area (Å²) in [5.74, 6) is 0. The highest BCUT2D eigenvalue weighted by atomic mass is 32.2. The number of aromatic nitrogens is 1. The average molecular weight is 320 g/mol. The first-order chi connectivity index (χ1) is 8.58. The Balaban J connectivity index is 3.20. The van der Waals surface area contributed by atoms with E-state index in [4.69, 9.17) is 5.11 Å². The molecule has 0 aromatic carbocycles. The minimum absolute atomic E-state index is 0.0277. The summed E-state index contributed by atoms with van der Waals surface area (Å²) in [6.45, 7) is -1.90. The predicted octanol–water partition coefficient (Wildman–Crippen LogP) is 0.290. The van der Waals surface area contributed by atoms with Crippen LogP contribution >= 0.6 is 11.3 Å². The van der Waals surface area contributed by atoms with Gasteiger partial charge in [-0.15, -0.1) is 0 Å². The minimum Gasteiger partial charge on any atom is -0.395 e. The lowest BCUT2D eigenvalue weighted by Crippen LogP contribution is -2.40. The van der Waals surface area contributed by atoms with E-state index in [1.807, 2.05) is 0 Å². The van der Waals surface area contributed by atoms with E-state index in [2.05, 4.69) is 4.98 Å². The summed E-state index contributed by atoms with van der Waals surface area (Å²) in [4.78, 5) is 12.5. The van der Waals surface area contributed by atoms with Crippen molar-refractivity contribution in [2.75, 3.05) is 19.7 Å². The first-order valence-corrected chi connectivity index (χ1v) is 7.21. The summed E-state index contributed by atoms with van der Waals surface area (Å²) in [7, 11) is -4.47. The van der Waals surface area contributed by atoms with Crippen LogP contribution in [-0.4, -0.2) is 48.7 Å². The second-order valence-electron chi connectivity index (χ2n) is 3.60. The van der Waals surface area contributed by atoms with Crippen LogP contribution in [-0.2, 0) is 10.0 Å². The number of aryl methyl sites for hydroxylation is 1. The van der Waals surface area contributed by atoms with Gasteiger partial charge in [0.1, 0.15) is 6.54 Å². The minimum atomic E-state index is -4.74. The number of rotatable bonds is 5. The zero-order valence-corrected chi connectivity index (χ0v) is 11.3. The maximum atomic E-state index is 12.3. The van der Waals surface area contributed by atoms with Gasteiger partial charge in [0.05, 0.1) is 6.61 Å². The van der Waals surface area contributed by atoms with E-state index < -0.39 is 45.0 Å². The monoisotopic (exact) mass is 320 g/mol. The number of nitrogens with one attached hydrogen (secondary N) is 1. The van der Waals surface area contributed by atoms with Crippen LogP contribution in [0.4, 0.5) is 13.2 Å². The van der Waals surface area contributed by atoms with E-state index in [1.165, 1.54) is 6.92 Å². The van der Waals surface area contributed by atoms with Crippen LogP contribution in [0.15, 0.2) is 9.00 Å². The molecule has 1 rings (SSSR count). The van der Waals surface area contributed by atoms with Crippen LogP contribution in [0.3, 0.4) is 0 Å². The van der Waals surface area contributed by atoms with Crippen molar-refractivity contribution < 1.29 is 26.7 Å². The molecule has 19 heavy (non-hydrogen) atoms. The number of H-pyrrole nitrogens is 1. The molecule has 110 valence electrons. The van der Waals surface area contributed by atoms with Gasteiger partial charge >= 0.3 is 11.0 Å². The molecule has 0 spiro atoms. The van der Waals surface area contributed by atoms with Gasteiger partial charge in [0.15, 0.2) is 4.21 Å². The highest BCUT2D eigenvalue weighted by molar-refractivity contribution is 7.91. The average Bonchev–Trinajstić information content (AvgIpc) is 2.56. The molecular formula is C8H11F3N2O4S2. The number of halogens is 3. The van der Waals surface area contributed by atoms with Crippen LogP contribution in [0.2, 0.25) is 0 Å². The summed E-state index contributed by atoms with van der Waals surface area (Å²) in [6.07, 6.45) is -4.74. The lowest BCUT2D eigenvalue weighted by Gasteiger charge is -2.21. The predicted molar refractivity (Wildman–Crippen MR) is 61.6 cm³/mol. The zero-order valence-electron chi connectivity index (χ0n) is 9.69. The first-order valence-electron chi connectivity index (χ1n) is 4.95. The number of hydrogen-bond acceptors (Lipinski definition) is 5. The quantitative estimate of drug-likeness (QED) is 0.816. The largest absolute Gasteiger partial charge is 0.402 e. The number of aliphatic hydroxyl groups is 1. The fourth-order valence-corrected chi connectivity index (χ4v) is 4.20. The van der Waals surface area contributed by atoms with Gasteiger partial charge in [0.2, 0.25) is 0 Å². The molecule has 0 aliphatic heterocycles. The molecule has 0 amide bonds. The summed E-state index contributed by atoms with van der Waals surface area (Å²) >= 11 is 0.312. The zero-order chi connectivity index (χ0) is 14.8. The molecule has 0 aliphatic carbocycles. The third kappa shape index (κ3) is 4.03. The molecular weight excluding hydrogens is 309 g/mol. The maximum absolute atomic E-state index is 12.3. The fourth-order valence-electron chi connectivity index (χ4n) is 1.35. The van der Waals surface area contributed by atoms with Crippen molar-refractivity contribution in [2.45, 2.75) is 17.3 Å². The molecule has 0 unspecified atom stereocenters. The van der Waals surface area contributed by atoms with Gasteiger partial charge in [-0.2, -0.15) is 17.5 Å². The van der Waals surface area contributed by atoms with Crippen LogP contribution in [0.5, 0.6) is 0 Å². The Morgan fingerprint density at radius 1 is 1.42 bits per heavy atom. The van der Waals surface area contributed by atoms with Crippen molar-refractivity contribution in [2.24, 2.45) is 0 Å². The van der Waals surface area contributed by atoms with Crippen molar-refractivity contribution in [3.63, 3.8) is 0 Å². The van der Waals surface area contributed by atoms with Gasteiger partial charge in [0, 0.05) is 12.2 Å². The Hall–Kier alpha value is -0.910. The van der Waals surface area contributed by atoms with E-state index in [1.54, 1.807) is 0 Å². The number of sulfonamides is 1. The van der Waals surface area contributed by atoms with E-state index in [0.29, 0.717) is 11.3 Å². The van der Waals surface area contributed by atoms with Crippen LogP contribution < -0.4 is 4.87 Å². The molecule has 1 aromatic heterocycles. The molecule has 11 heteroatoms. The van der Waals surface area contributed by atoms with Crippen LogP contribution in [0, 0.1) is 6.92 Å². The third-order valence-electron chi connectivity index (χ3n) is 2.06. The molecule has 0 saturated carbocycles. The molecule has 6 nitrogen and oxygen atoms in total. The lowest BCUT2D eigenvalue weighted by atomic mass is 10.6. The lowest BCUT2D eigenvalue weighted by molar-refractivity contribution is -0.136. The molecule has 2 N–H and O–H groups in total. The molecule has 0 fully saturated rings. The second-order valence-corrected chi connectivity index (χ2v) is 6.72. The molecule has 0 atom stereocenters. The van der Waals surface area contributed by atoms with Gasteiger partial charge in [0.25, 0.3) is 10.0 Å². The van der Waals surface area contributed by atoms with E-state index in [0.717, 1.165) is 0 Å². The van der Waals surface area contributed by atoms with Gasteiger partial charge in [-0.25, -0.2) is 8.42 Å². The topological polar surface area (TPSA) is 90.5 Å². The number of hydrogen-bond donors (Lipinski definition) is 2. The van der Waals surface area contributed by atoms with Crippen molar-refractivity contribution in [1.82, 2.24) is 9.29 Å². The Morgan fingerprint density at radius 2 is 2.00 bits per heavy atom. The Bertz CT molecular complexity index is 590. The summed E-state index contributed by atoms with van der Waals surface area (Å²) in [6, 6.07) is 0. The SMILES string of the molecule is Cc1[nH]c(=O)sc1S(=O)(=O)N(CCO)CC(F)(F)F. The summed E-state index contributed by atoms with van der Waals surface area (Å²) < 4.78 is 60.6. The van der Waals surface area contributed by atoms with Crippen molar-refractivity contribution in [1.29, 1.82) is 0 Å². The highest BCUT2D eigenvalue weighted by Gasteiger charge is 2.38. The third-order valence-corrected chi connectivity index (χ3v) is 5.49. The van der Waals surface area contributed by atoms with E-state index in [9.17, 15) is 26.4 Å². The number of aliphatic hydroxyl groups excluding tert-OH is 1. The smallest absolute Gasteiger partial charge is 0.395 e. The number of thiazole rings is 1. The Labute approximate surface area is 110 Å². The van der Waals surface area contributed by atoms with Gasteiger partial charge in [-0.1, -0.05) is 11.3 Å². The Morgan fingerprint density at radius 3 is 2.37 bits per heavy atom. The van der Waals surface area contributed by atoms with E-state index >= 15 is 0 Å². The molecule has 0 aliphatic rings. The number of alkyl halides is 3. The van der Waals surface area contributed by atoms with Gasteiger partial charge in [-0.3, -0.25) is 4.79 Å². The molecule has 1 aromatic rings. The van der Waals surface area contributed by atoms with Gasteiger partial charge in [-0.05, 0) is 6.92 Å². The van der Waals surface area contributed by atoms with Crippen LogP contribution in [0.25, 0.3) is 0 Å². The molecule has 0 bridgehead atoms. The van der Waals surface area contributed by atoms with Crippen LogP contribution in [0.1, 0.15) is 5.69 Å². The normalized spacial score (nSPS) is 13.2. The summed E-state index contributed by atoms with van der Waals surface area (Å²) in [5, 5.41) is 8.68. The van der Waals surface area contributed by atoms with Crippen molar-refractivity contribution in [3.05, 3.63) is 15.4 Å². The van der Waals surface area contributed by atoms with Crippen molar-refractivity contribution in [3.8, 4) is 0 Å². The molecule has 0 saturated heterocycles. The standard InChI is InChI=1S/C8H11F3N2O4S2/c1-5-6(18-7(15)12-5)19(16,17)13(2-3-14)4-8(9,10)11/h14H,2-4H2,1H3,(H,12,15). The first kappa shape index (κ1) is 16.1. The van der Waals surface area contributed by atoms with E-state index in [-0.39, 0.29) is 10.00 Å². The molecule has 0 radical (unpaired) electrons. The van der Waals surface area contributed by atoms with Crippen molar-refractivity contribution >= 4 is 21.4 Å². The highest BCUT2D eigenvalue weighted by Crippen LogP contribution is 2.25. The number of nitrogens with zero attached hydrogens (tertiary/aromatic N) is 1.